The first-order chi connectivity index (χ1) is 9.18. The van der Waals surface area contributed by atoms with Crippen molar-refractivity contribution in [2.45, 2.75) is 45.8 Å². The van der Waals surface area contributed by atoms with Gasteiger partial charge in [-0.05, 0) is 52.2 Å². The average Bonchev–Trinajstić information content (AvgIpc) is 2.58. The molecule has 1 saturated heterocycles. The highest BCUT2D eigenvalue weighted by Gasteiger charge is 2.52. The van der Waals surface area contributed by atoms with Crippen molar-refractivity contribution in [3.63, 3.8) is 0 Å². The number of rotatable bonds is 2. The van der Waals surface area contributed by atoms with Crippen LogP contribution < -0.4 is 11.0 Å². The number of carbonyl (C=O) groups is 1. The number of aryl methyl sites for hydroxylation is 1. The van der Waals surface area contributed by atoms with Crippen molar-refractivity contribution in [1.82, 2.24) is 5.54 Å². The maximum absolute atomic E-state index is 12.3. The molecule has 0 unspecified atom stereocenters. The van der Waals surface area contributed by atoms with Crippen molar-refractivity contribution in [1.29, 1.82) is 0 Å². The predicted octanol–water partition coefficient (Wildman–Crippen LogP) is 1.91. The molecule has 0 aromatic heterocycles. The van der Waals surface area contributed by atoms with Crippen LogP contribution in [0.2, 0.25) is 0 Å². The fraction of sp³-hybridized carbons (Fsp3) is 0.500. The monoisotopic (exact) mass is 279 g/mol. The molecule has 1 aliphatic rings. The van der Waals surface area contributed by atoms with Crippen molar-refractivity contribution >= 4 is 18.5 Å². The number of hydrogen-bond acceptors (Lipinski definition) is 3. The van der Waals surface area contributed by atoms with Crippen molar-refractivity contribution < 1.29 is 18.6 Å². The standard InChI is InChI=1S/C14H19BFNO3/c1-9-6-7-10(12(18)17-16)8-11(9)15-19-13(2,3)14(4,5)20-15/h6-8H,1-5H3,(H,17,18). The van der Waals surface area contributed by atoms with Crippen LogP contribution in [0.25, 0.3) is 0 Å². The Morgan fingerprint density at radius 2 is 1.75 bits per heavy atom. The summed E-state index contributed by atoms with van der Waals surface area (Å²) in [4.78, 5) is 11.4. The first kappa shape index (κ1) is 15.0. The normalized spacial score (nSPS) is 20.0. The predicted molar refractivity (Wildman–Crippen MR) is 75.5 cm³/mol. The summed E-state index contributed by atoms with van der Waals surface area (Å²) < 4.78 is 24.2. The van der Waals surface area contributed by atoms with Crippen molar-refractivity contribution in [2.75, 3.05) is 0 Å². The molecule has 1 heterocycles. The Bertz CT molecular complexity index is 529. The van der Waals surface area contributed by atoms with Gasteiger partial charge in [-0.1, -0.05) is 16.1 Å². The third-order valence-corrected chi connectivity index (χ3v) is 4.13. The summed E-state index contributed by atoms with van der Waals surface area (Å²) in [6, 6.07) is 4.93. The van der Waals surface area contributed by atoms with Crippen LogP contribution in [0.5, 0.6) is 0 Å². The van der Waals surface area contributed by atoms with Gasteiger partial charge in [-0.3, -0.25) is 4.79 Å². The van der Waals surface area contributed by atoms with E-state index in [0.717, 1.165) is 16.6 Å². The van der Waals surface area contributed by atoms with Crippen LogP contribution in [0.4, 0.5) is 4.48 Å². The minimum absolute atomic E-state index is 0.239. The first-order valence-electron chi connectivity index (χ1n) is 6.55. The second-order valence-corrected chi connectivity index (χ2v) is 6.08. The molecule has 0 atom stereocenters. The highest BCUT2D eigenvalue weighted by atomic mass is 19.2. The zero-order valence-electron chi connectivity index (χ0n) is 12.4. The summed E-state index contributed by atoms with van der Waals surface area (Å²) in [6.45, 7) is 9.74. The van der Waals surface area contributed by atoms with E-state index in [2.05, 4.69) is 0 Å². The Hall–Kier alpha value is -1.40. The minimum Gasteiger partial charge on any atom is -0.399 e. The van der Waals surface area contributed by atoms with E-state index in [9.17, 15) is 9.28 Å². The van der Waals surface area contributed by atoms with E-state index in [1.165, 1.54) is 0 Å². The molecular formula is C14H19BFNO3. The van der Waals surface area contributed by atoms with Gasteiger partial charge in [0.05, 0.1) is 11.2 Å². The van der Waals surface area contributed by atoms with E-state index in [-0.39, 0.29) is 5.56 Å². The molecule has 0 spiro atoms. The molecule has 1 aliphatic heterocycles. The SMILES string of the molecule is Cc1ccc(C(=O)NF)cc1B1OC(C)(C)C(C)(C)O1. The summed E-state index contributed by atoms with van der Waals surface area (Å²) >= 11 is 0. The Kier molecular flexibility index (Phi) is 3.65. The zero-order chi connectivity index (χ0) is 15.1. The molecule has 1 aromatic carbocycles. The first-order valence-corrected chi connectivity index (χ1v) is 6.55. The molecule has 4 nitrogen and oxygen atoms in total. The zero-order valence-corrected chi connectivity index (χ0v) is 12.4. The Morgan fingerprint density at radius 3 is 2.25 bits per heavy atom. The molecule has 6 heteroatoms. The van der Waals surface area contributed by atoms with Gasteiger partial charge in [-0.15, -0.1) is 0 Å². The average molecular weight is 279 g/mol. The van der Waals surface area contributed by atoms with Crippen LogP contribution in [0, 0.1) is 6.92 Å². The van der Waals surface area contributed by atoms with Gasteiger partial charge < -0.3 is 9.31 Å². The molecule has 2 rings (SSSR count). The van der Waals surface area contributed by atoms with Gasteiger partial charge in [0.1, 0.15) is 0 Å². The number of amides is 1. The smallest absolute Gasteiger partial charge is 0.399 e. The molecular weight excluding hydrogens is 260 g/mol. The van der Waals surface area contributed by atoms with Gasteiger partial charge in [0.15, 0.2) is 0 Å². The fourth-order valence-electron chi connectivity index (χ4n) is 2.06. The maximum Gasteiger partial charge on any atom is 0.495 e. The summed E-state index contributed by atoms with van der Waals surface area (Å²) in [5, 5.41) is 0. The number of benzene rings is 1. The van der Waals surface area contributed by atoms with Crippen LogP contribution in [-0.4, -0.2) is 24.2 Å². The lowest BCUT2D eigenvalue weighted by molar-refractivity contribution is 0.00578. The van der Waals surface area contributed by atoms with Crippen molar-refractivity contribution in [3.8, 4) is 0 Å². The molecule has 1 amide bonds. The van der Waals surface area contributed by atoms with Crippen LogP contribution in [0.15, 0.2) is 18.2 Å². The molecule has 108 valence electrons. The van der Waals surface area contributed by atoms with Gasteiger partial charge in [0.2, 0.25) is 0 Å². The van der Waals surface area contributed by atoms with E-state index in [1.54, 1.807) is 18.2 Å². The van der Waals surface area contributed by atoms with Crippen LogP contribution in [-0.2, 0) is 9.31 Å². The van der Waals surface area contributed by atoms with Gasteiger partial charge in [0, 0.05) is 5.56 Å². The van der Waals surface area contributed by atoms with E-state index < -0.39 is 24.2 Å². The third kappa shape index (κ3) is 2.45. The number of halogens is 1. The Morgan fingerprint density at radius 1 is 1.20 bits per heavy atom. The van der Waals surface area contributed by atoms with Crippen LogP contribution in [0.3, 0.4) is 0 Å². The summed E-state index contributed by atoms with van der Waals surface area (Å²) in [6.07, 6.45) is 0. The third-order valence-electron chi connectivity index (χ3n) is 4.13. The lowest BCUT2D eigenvalue weighted by Gasteiger charge is -2.32. The van der Waals surface area contributed by atoms with E-state index >= 15 is 0 Å². The second-order valence-electron chi connectivity index (χ2n) is 6.08. The quantitative estimate of drug-likeness (QED) is 0.664. The van der Waals surface area contributed by atoms with Crippen LogP contribution >= 0.6 is 0 Å². The molecule has 1 fully saturated rings. The highest BCUT2D eigenvalue weighted by molar-refractivity contribution is 6.62. The fourth-order valence-corrected chi connectivity index (χ4v) is 2.06. The molecule has 0 saturated carbocycles. The van der Waals surface area contributed by atoms with Crippen molar-refractivity contribution in [2.24, 2.45) is 0 Å². The molecule has 1 N–H and O–H groups in total. The second kappa shape index (κ2) is 4.86. The summed E-state index contributed by atoms with van der Waals surface area (Å²) in [5.74, 6) is -0.775. The van der Waals surface area contributed by atoms with E-state index in [1.807, 2.05) is 34.6 Å². The molecule has 20 heavy (non-hydrogen) atoms. The van der Waals surface area contributed by atoms with Gasteiger partial charge in [0.25, 0.3) is 5.91 Å². The van der Waals surface area contributed by atoms with Crippen LogP contribution in [0.1, 0.15) is 43.6 Å². The summed E-state index contributed by atoms with van der Waals surface area (Å²) in [7, 11) is -0.563. The lowest BCUT2D eigenvalue weighted by Crippen LogP contribution is -2.41. The Labute approximate surface area is 118 Å². The molecule has 0 aliphatic carbocycles. The van der Waals surface area contributed by atoms with Crippen molar-refractivity contribution in [3.05, 3.63) is 29.3 Å². The molecule has 1 aromatic rings. The minimum atomic E-state index is -0.775. The maximum atomic E-state index is 12.3. The molecule has 0 radical (unpaired) electrons. The molecule has 0 bridgehead atoms. The largest absolute Gasteiger partial charge is 0.495 e. The van der Waals surface area contributed by atoms with E-state index in [0.29, 0.717) is 0 Å². The lowest BCUT2D eigenvalue weighted by atomic mass is 9.75. The Balaban J connectivity index is 2.37. The summed E-state index contributed by atoms with van der Waals surface area (Å²) in [5.41, 5.74) is 2.13. The topological polar surface area (TPSA) is 47.6 Å². The number of nitrogens with one attached hydrogen (secondary N) is 1. The highest BCUT2D eigenvalue weighted by Crippen LogP contribution is 2.36. The number of hydrogen-bond donors (Lipinski definition) is 1. The van der Waals surface area contributed by atoms with Gasteiger partial charge >= 0.3 is 7.12 Å². The van der Waals surface area contributed by atoms with Gasteiger partial charge in [-0.2, -0.15) is 5.54 Å². The number of carbonyl (C=O) groups excluding carboxylic acids is 1. The van der Waals surface area contributed by atoms with E-state index in [4.69, 9.17) is 9.31 Å². The van der Waals surface area contributed by atoms with Gasteiger partial charge in [-0.25, -0.2) is 0 Å².